The molecule has 0 atom stereocenters. The number of halogens is 3. The SMILES string of the molecule is CC(=O)N(CC(=O)Nc1c(C)cc(C)cc1Cl)c1cc(Cl)ccc1Cl. The number of aryl methyl sites for hydroxylation is 2. The molecule has 2 aromatic carbocycles. The maximum Gasteiger partial charge on any atom is 0.244 e. The third-order valence-electron chi connectivity index (χ3n) is 3.58. The highest BCUT2D eigenvalue weighted by molar-refractivity contribution is 6.36. The van der Waals surface area contributed by atoms with Gasteiger partial charge in [-0.1, -0.05) is 40.9 Å². The van der Waals surface area contributed by atoms with E-state index in [-0.39, 0.29) is 18.4 Å². The molecule has 0 bridgehead atoms. The highest BCUT2D eigenvalue weighted by Gasteiger charge is 2.20. The highest BCUT2D eigenvalue weighted by Crippen LogP contribution is 2.30. The van der Waals surface area contributed by atoms with E-state index in [1.165, 1.54) is 11.8 Å². The number of benzene rings is 2. The first-order valence-corrected chi connectivity index (χ1v) is 8.62. The van der Waals surface area contributed by atoms with Crippen LogP contribution >= 0.6 is 34.8 Å². The summed E-state index contributed by atoms with van der Waals surface area (Å²) in [5.41, 5.74) is 2.74. The largest absolute Gasteiger partial charge is 0.323 e. The lowest BCUT2D eigenvalue weighted by Gasteiger charge is -2.22. The van der Waals surface area contributed by atoms with Crippen molar-refractivity contribution in [3.8, 4) is 0 Å². The van der Waals surface area contributed by atoms with Crippen LogP contribution in [0.4, 0.5) is 11.4 Å². The van der Waals surface area contributed by atoms with Crippen molar-refractivity contribution >= 4 is 58.0 Å². The maximum atomic E-state index is 12.4. The quantitative estimate of drug-likeness (QED) is 0.763. The first kappa shape index (κ1) is 19.6. The molecule has 0 aliphatic heterocycles. The Labute approximate surface area is 161 Å². The Morgan fingerprint density at radius 3 is 2.32 bits per heavy atom. The molecular formula is C18H17Cl3N2O2. The average Bonchev–Trinajstić information content (AvgIpc) is 2.51. The smallest absolute Gasteiger partial charge is 0.244 e. The number of hydrogen-bond donors (Lipinski definition) is 1. The molecular weight excluding hydrogens is 383 g/mol. The van der Waals surface area contributed by atoms with E-state index in [9.17, 15) is 9.59 Å². The van der Waals surface area contributed by atoms with Crippen molar-refractivity contribution in [1.29, 1.82) is 0 Å². The van der Waals surface area contributed by atoms with Crippen molar-refractivity contribution in [2.75, 3.05) is 16.8 Å². The van der Waals surface area contributed by atoms with Gasteiger partial charge in [0.15, 0.2) is 0 Å². The van der Waals surface area contributed by atoms with Gasteiger partial charge in [-0.05, 0) is 49.2 Å². The lowest BCUT2D eigenvalue weighted by Crippen LogP contribution is -2.37. The summed E-state index contributed by atoms with van der Waals surface area (Å²) in [5, 5.41) is 3.95. The number of nitrogens with zero attached hydrogens (tertiary/aromatic N) is 1. The number of hydrogen-bond acceptors (Lipinski definition) is 2. The Morgan fingerprint density at radius 2 is 1.72 bits per heavy atom. The van der Waals surface area contributed by atoms with Crippen LogP contribution in [0.25, 0.3) is 0 Å². The summed E-state index contributed by atoms with van der Waals surface area (Å²) >= 11 is 18.3. The molecule has 0 aliphatic rings. The second-order valence-electron chi connectivity index (χ2n) is 5.69. The molecule has 2 amide bonds. The molecule has 0 spiro atoms. The van der Waals surface area contributed by atoms with E-state index < -0.39 is 0 Å². The zero-order valence-electron chi connectivity index (χ0n) is 14.0. The first-order valence-electron chi connectivity index (χ1n) is 7.48. The zero-order chi connectivity index (χ0) is 18.7. The van der Waals surface area contributed by atoms with Gasteiger partial charge >= 0.3 is 0 Å². The van der Waals surface area contributed by atoms with Crippen LogP contribution in [-0.4, -0.2) is 18.4 Å². The fourth-order valence-corrected chi connectivity index (χ4v) is 3.21. The van der Waals surface area contributed by atoms with Crippen molar-refractivity contribution in [1.82, 2.24) is 0 Å². The van der Waals surface area contributed by atoms with E-state index in [4.69, 9.17) is 34.8 Å². The van der Waals surface area contributed by atoms with Gasteiger partial charge in [0, 0.05) is 11.9 Å². The van der Waals surface area contributed by atoms with Crippen molar-refractivity contribution in [2.24, 2.45) is 0 Å². The topological polar surface area (TPSA) is 49.4 Å². The average molecular weight is 400 g/mol. The van der Waals surface area contributed by atoms with Gasteiger partial charge in [-0.15, -0.1) is 0 Å². The predicted octanol–water partition coefficient (Wildman–Crippen LogP) is 5.26. The minimum atomic E-state index is -0.389. The van der Waals surface area contributed by atoms with Gasteiger partial charge in [0.05, 0.1) is 21.4 Å². The number of rotatable bonds is 4. The van der Waals surface area contributed by atoms with Gasteiger partial charge in [0.1, 0.15) is 6.54 Å². The van der Waals surface area contributed by atoms with Gasteiger partial charge in [0.2, 0.25) is 11.8 Å². The van der Waals surface area contributed by atoms with E-state index in [0.29, 0.717) is 26.4 Å². The van der Waals surface area contributed by atoms with Crippen LogP contribution in [0.5, 0.6) is 0 Å². The van der Waals surface area contributed by atoms with Crippen molar-refractivity contribution < 1.29 is 9.59 Å². The molecule has 0 saturated carbocycles. The predicted molar refractivity (Wildman–Crippen MR) is 104 cm³/mol. The number of carbonyl (C=O) groups is 2. The van der Waals surface area contributed by atoms with Gasteiger partial charge < -0.3 is 10.2 Å². The molecule has 0 heterocycles. The van der Waals surface area contributed by atoms with Crippen LogP contribution < -0.4 is 10.2 Å². The summed E-state index contributed by atoms with van der Waals surface area (Å²) in [6.07, 6.45) is 0. The van der Waals surface area contributed by atoms with Gasteiger partial charge in [-0.2, -0.15) is 0 Å². The van der Waals surface area contributed by atoms with Gasteiger partial charge in [-0.25, -0.2) is 0 Å². The number of carbonyl (C=O) groups excluding carboxylic acids is 2. The summed E-state index contributed by atoms with van der Waals surface area (Å²) in [4.78, 5) is 25.7. The van der Waals surface area contributed by atoms with Crippen LogP contribution in [0.15, 0.2) is 30.3 Å². The molecule has 0 fully saturated rings. The molecule has 4 nitrogen and oxygen atoms in total. The summed E-state index contributed by atoms with van der Waals surface area (Å²) in [5.74, 6) is -0.717. The number of anilines is 2. The Morgan fingerprint density at radius 1 is 1.04 bits per heavy atom. The minimum absolute atomic E-state index is 0.209. The van der Waals surface area contributed by atoms with Gasteiger partial charge in [0.25, 0.3) is 0 Å². The Bertz CT molecular complexity index is 814. The second-order valence-corrected chi connectivity index (χ2v) is 6.94. The number of nitrogens with one attached hydrogen (secondary N) is 1. The monoisotopic (exact) mass is 398 g/mol. The normalized spacial score (nSPS) is 10.5. The minimum Gasteiger partial charge on any atom is -0.323 e. The summed E-state index contributed by atoms with van der Waals surface area (Å²) in [7, 11) is 0. The van der Waals surface area contributed by atoms with E-state index in [1.807, 2.05) is 19.9 Å². The summed E-state index contributed by atoms with van der Waals surface area (Å²) in [6.45, 7) is 4.92. The first-order chi connectivity index (χ1) is 11.7. The lowest BCUT2D eigenvalue weighted by atomic mass is 10.1. The molecule has 25 heavy (non-hydrogen) atoms. The van der Waals surface area contributed by atoms with Crippen molar-refractivity contribution in [3.63, 3.8) is 0 Å². The molecule has 132 valence electrons. The fourth-order valence-electron chi connectivity index (χ4n) is 2.46. The molecule has 0 unspecified atom stereocenters. The molecule has 0 radical (unpaired) electrons. The zero-order valence-corrected chi connectivity index (χ0v) is 16.3. The molecule has 7 heteroatoms. The lowest BCUT2D eigenvalue weighted by molar-refractivity contribution is -0.120. The molecule has 0 aromatic heterocycles. The Hall–Kier alpha value is -1.75. The summed E-state index contributed by atoms with van der Waals surface area (Å²) < 4.78 is 0. The molecule has 0 saturated heterocycles. The fraction of sp³-hybridized carbons (Fsp3) is 0.222. The van der Waals surface area contributed by atoms with Crippen LogP contribution in [-0.2, 0) is 9.59 Å². The van der Waals surface area contributed by atoms with E-state index in [2.05, 4.69) is 5.32 Å². The number of amides is 2. The van der Waals surface area contributed by atoms with Crippen molar-refractivity contribution in [2.45, 2.75) is 20.8 Å². The Balaban J connectivity index is 2.25. The van der Waals surface area contributed by atoms with Crippen LogP contribution in [0, 0.1) is 13.8 Å². The highest BCUT2D eigenvalue weighted by atomic mass is 35.5. The van der Waals surface area contributed by atoms with Crippen LogP contribution in [0.2, 0.25) is 15.1 Å². The van der Waals surface area contributed by atoms with Crippen molar-refractivity contribution in [3.05, 3.63) is 56.5 Å². The maximum absolute atomic E-state index is 12.4. The molecule has 2 aromatic rings. The van der Waals surface area contributed by atoms with Crippen LogP contribution in [0.3, 0.4) is 0 Å². The van der Waals surface area contributed by atoms with E-state index in [1.54, 1.807) is 24.3 Å². The standard InChI is InChI=1S/C18H17Cl3N2O2/c1-10-6-11(2)18(15(21)7-10)22-17(25)9-23(12(3)24)16-8-13(19)4-5-14(16)20/h4-8H,9H2,1-3H3,(H,22,25). The third-order valence-corrected chi connectivity index (χ3v) is 4.43. The second kappa shape index (κ2) is 8.09. The third kappa shape index (κ3) is 4.88. The Kier molecular flexibility index (Phi) is 6.33. The molecule has 2 rings (SSSR count). The van der Waals surface area contributed by atoms with E-state index in [0.717, 1.165) is 11.1 Å². The molecule has 0 aliphatic carbocycles. The van der Waals surface area contributed by atoms with Crippen LogP contribution in [0.1, 0.15) is 18.1 Å². The van der Waals surface area contributed by atoms with Gasteiger partial charge in [-0.3, -0.25) is 9.59 Å². The summed E-state index contributed by atoms with van der Waals surface area (Å²) in [6, 6.07) is 8.41. The molecule has 1 N–H and O–H groups in total. The van der Waals surface area contributed by atoms with E-state index >= 15 is 0 Å².